The minimum atomic E-state index is -1.02. The molecular formula is C24H23N3O5S. The lowest BCUT2D eigenvalue weighted by molar-refractivity contribution is -0.140. The minimum Gasteiger partial charge on any atom is -0.478 e. The Labute approximate surface area is 196 Å². The Bertz CT molecular complexity index is 1160. The molecule has 1 aliphatic heterocycles. The highest BCUT2D eigenvalue weighted by Crippen LogP contribution is 2.40. The molecule has 1 aliphatic rings. The summed E-state index contributed by atoms with van der Waals surface area (Å²) in [6.07, 6.45) is 2.54. The molecule has 0 unspecified atom stereocenters. The number of aromatic nitrogens is 1. The van der Waals surface area contributed by atoms with Crippen molar-refractivity contribution in [2.75, 3.05) is 13.7 Å². The van der Waals surface area contributed by atoms with Gasteiger partial charge in [-0.15, -0.1) is 0 Å². The summed E-state index contributed by atoms with van der Waals surface area (Å²) in [6, 6.07) is 15.4. The van der Waals surface area contributed by atoms with E-state index in [2.05, 4.69) is 10.3 Å². The van der Waals surface area contributed by atoms with Crippen LogP contribution in [0.1, 0.15) is 46.7 Å². The molecule has 9 heteroatoms. The van der Waals surface area contributed by atoms with Gasteiger partial charge in [-0.3, -0.25) is 9.78 Å². The van der Waals surface area contributed by atoms with Crippen LogP contribution in [0.5, 0.6) is 0 Å². The van der Waals surface area contributed by atoms with Crippen molar-refractivity contribution >= 4 is 29.3 Å². The van der Waals surface area contributed by atoms with Crippen molar-refractivity contribution in [1.29, 1.82) is 0 Å². The molecule has 2 N–H and O–H groups in total. The quantitative estimate of drug-likeness (QED) is 0.378. The molecule has 33 heavy (non-hydrogen) atoms. The number of methoxy groups -OCH3 is 1. The monoisotopic (exact) mass is 465 g/mol. The lowest BCUT2D eigenvalue weighted by atomic mass is 10.0. The van der Waals surface area contributed by atoms with E-state index in [1.165, 1.54) is 7.11 Å². The molecular weight excluding hydrogens is 442 g/mol. The molecule has 170 valence electrons. The van der Waals surface area contributed by atoms with Gasteiger partial charge in [0.05, 0.1) is 24.4 Å². The lowest BCUT2D eigenvalue weighted by Crippen LogP contribution is -2.30. The Kier molecular flexibility index (Phi) is 6.69. The number of rotatable bonds is 8. The van der Waals surface area contributed by atoms with Crippen LogP contribution in [0.25, 0.3) is 11.3 Å². The number of benzene rings is 1. The van der Waals surface area contributed by atoms with Crippen molar-refractivity contribution in [3.8, 4) is 11.3 Å². The molecule has 8 nitrogen and oxygen atoms in total. The van der Waals surface area contributed by atoms with Crippen molar-refractivity contribution in [2.45, 2.75) is 24.9 Å². The van der Waals surface area contributed by atoms with Crippen LogP contribution in [0.3, 0.4) is 0 Å². The predicted molar refractivity (Wildman–Crippen MR) is 125 cm³/mol. The maximum absolute atomic E-state index is 11.7. The molecule has 1 saturated heterocycles. The van der Waals surface area contributed by atoms with Crippen molar-refractivity contribution < 1.29 is 23.8 Å². The summed E-state index contributed by atoms with van der Waals surface area (Å²) in [7, 11) is 1.36. The van der Waals surface area contributed by atoms with Crippen LogP contribution >= 0.6 is 12.2 Å². The van der Waals surface area contributed by atoms with Crippen molar-refractivity contribution in [2.24, 2.45) is 0 Å². The summed E-state index contributed by atoms with van der Waals surface area (Å²) in [5.41, 5.74) is 1.45. The highest BCUT2D eigenvalue weighted by Gasteiger charge is 2.41. The van der Waals surface area contributed by atoms with Crippen LogP contribution in [0.2, 0.25) is 0 Å². The number of hydrogen-bond acceptors (Lipinski definition) is 6. The predicted octanol–water partition coefficient (Wildman–Crippen LogP) is 3.97. The Balaban J connectivity index is 1.68. The number of carboxylic acid groups (broad SMARTS) is 1. The molecule has 0 radical (unpaired) electrons. The van der Waals surface area contributed by atoms with Crippen molar-refractivity contribution in [3.63, 3.8) is 0 Å². The van der Waals surface area contributed by atoms with E-state index >= 15 is 0 Å². The van der Waals surface area contributed by atoms with Gasteiger partial charge in [-0.05, 0) is 49.0 Å². The topological polar surface area (TPSA) is 105 Å². The highest BCUT2D eigenvalue weighted by molar-refractivity contribution is 7.80. The molecule has 0 amide bonds. The second-order valence-corrected chi connectivity index (χ2v) is 7.94. The third-order valence-corrected chi connectivity index (χ3v) is 5.90. The van der Waals surface area contributed by atoms with Gasteiger partial charge in [0.1, 0.15) is 17.6 Å². The second kappa shape index (κ2) is 9.83. The number of thiocarbonyl (C=S) groups is 1. The number of esters is 1. The van der Waals surface area contributed by atoms with Crippen LogP contribution in [-0.4, -0.2) is 45.7 Å². The lowest BCUT2D eigenvalue weighted by Gasteiger charge is -2.25. The van der Waals surface area contributed by atoms with Gasteiger partial charge in [-0.25, -0.2) is 4.79 Å². The van der Waals surface area contributed by atoms with E-state index < -0.39 is 5.97 Å². The Hall–Kier alpha value is -3.72. The molecule has 2 atom stereocenters. The summed E-state index contributed by atoms with van der Waals surface area (Å²) in [5.74, 6) is -0.235. The van der Waals surface area contributed by atoms with E-state index in [0.29, 0.717) is 35.2 Å². The van der Waals surface area contributed by atoms with Gasteiger partial charge in [0.25, 0.3) is 0 Å². The van der Waals surface area contributed by atoms with E-state index in [9.17, 15) is 14.7 Å². The van der Waals surface area contributed by atoms with Gasteiger partial charge in [-0.1, -0.05) is 24.3 Å². The maximum Gasteiger partial charge on any atom is 0.336 e. The molecule has 3 heterocycles. The van der Waals surface area contributed by atoms with Gasteiger partial charge in [0.15, 0.2) is 5.11 Å². The number of aromatic carboxylic acids is 1. The van der Waals surface area contributed by atoms with Crippen LogP contribution in [0.15, 0.2) is 65.2 Å². The Morgan fingerprint density at radius 3 is 2.70 bits per heavy atom. The fourth-order valence-corrected chi connectivity index (χ4v) is 4.32. The summed E-state index contributed by atoms with van der Waals surface area (Å²) >= 11 is 5.61. The van der Waals surface area contributed by atoms with Gasteiger partial charge in [0.2, 0.25) is 0 Å². The SMILES string of the molecule is COC(=O)CCCN1C(=S)N[C@@H](c2ccccn2)[C@H]1c1ccc(-c2ccccc2C(=O)O)o1. The fraction of sp³-hybridized carbons (Fsp3) is 0.250. The van der Waals surface area contributed by atoms with E-state index in [0.717, 1.165) is 5.69 Å². The van der Waals surface area contributed by atoms with Gasteiger partial charge < -0.3 is 24.5 Å². The van der Waals surface area contributed by atoms with E-state index in [4.69, 9.17) is 21.4 Å². The molecule has 0 aliphatic carbocycles. The standard InChI is InChI=1S/C24H23N3O5S/c1-31-20(28)10-6-14-27-22(21(26-24(27)33)17-9-4-5-13-25-17)19-12-11-18(32-19)15-7-2-3-8-16(15)23(29)30/h2-5,7-9,11-13,21-22H,6,10,14H2,1H3,(H,26,33)(H,29,30)/t21-,22+/m0/s1. The maximum atomic E-state index is 11.7. The molecule has 0 saturated carbocycles. The average Bonchev–Trinajstić information content (AvgIpc) is 3.44. The molecule has 3 aromatic rings. The number of nitrogens with zero attached hydrogens (tertiary/aromatic N) is 2. The minimum absolute atomic E-state index is 0.162. The van der Waals surface area contributed by atoms with Gasteiger partial charge in [-0.2, -0.15) is 0 Å². The Morgan fingerprint density at radius 2 is 1.97 bits per heavy atom. The molecule has 1 aromatic carbocycles. The molecule has 4 rings (SSSR count). The molecule has 1 fully saturated rings. The largest absolute Gasteiger partial charge is 0.478 e. The van der Waals surface area contributed by atoms with Crippen LogP contribution in [-0.2, 0) is 9.53 Å². The fourth-order valence-electron chi connectivity index (χ4n) is 3.99. The summed E-state index contributed by atoms with van der Waals surface area (Å²) in [6.45, 7) is 0.511. The summed E-state index contributed by atoms with van der Waals surface area (Å²) < 4.78 is 10.9. The zero-order valence-electron chi connectivity index (χ0n) is 17.9. The Morgan fingerprint density at radius 1 is 1.18 bits per heavy atom. The zero-order valence-corrected chi connectivity index (χ0v) is 18.7. The third-order valence-electron chi connectivity index (χ3n) is 5.55. The number of furan rings is 1. The normalized spacial score (nSPS) is 17.6. The smallest absolute Gasteiger partial charge is 0.336 e. The van der Waals surface area contributed by atoms with Crippen molar-refractivity contribution in [3.05, 3.63) is 77.8 Å². The summed E-state index contributed by atoms with van der Waals surface area (Å²) in [5, 5.41) is 13.4. The first-order chi connectivity index (χ1) is 16.0. The first kappa shape index (κ1) is 22.5. The number of carboxylic acids is 1. The molecule has 0 spiro atoms. The number of nitrogens with one attached hydrogen (secondary N) is 1. The number of pyridine rings is 1. The van der Waals surface area contributed by atoms with Gasteiger partial charge in [0, 0.05) is 24.7 Å². The van der Waals surface area contributed by atoms with Crippen molar-refractivity contribution in [1.82, 2.24) is 15.2 Å². The average molecular weight is 466 g/mol. The first-order valence-electron chi connectivity index (χ1n) is 10.5. The molecule has 0 bridgehead atoms. The van der Waals surface area contributed by atoms with E-state index in [-0.39, 0.29) is 30.0 Å². The van der Waals surface area contributed by atoms with Crippen LogP contribution in [0, 0.1) is 0 Å². The highest BCUT2D eigenvalue weighted by atomic mass is 32.1. The number of hydrogen-bond donors (Lipinski definition) is 2. The van der Waals surface area contributed by atoms with Crippen LogP contribution < -0.4 is 5.32 Å². The van der Waals surface area contributed by atoms with E-state index in [1.54, 1.807) is 36.5 Å². The third kappa shape index (κ3) is 4.73. The summed E-state index contributed by atoms with van der Waals surface area (Å²) in [4.78, 5) is 29.7. The number of ether oxygens (including phenoxy) is 1. The zero-order chi connectivity index (χ0) is 23.4. The van der Waals surface area contributed by atoms with Gasteiger partial charge >= 0.3 is 11.9 Å². The number of carbonyl (C=O) groups is 2. The second-order valence-electron chi connectivity index (χ2n) is 7.55. The molecule has 2 aromatic heterocycles. The number of carbonyl (C=O) groups excluding carboxylic acids is 1. The van der Waals surface area contributed by atoms with Crippen LogP contribution in [0.4, 0.5) is 0 Å². The van der Waals surface area contributed by atoms with E-state index in [1.807, 2.05) is 29.2 Å². The first-order valence-corrected chi connectivity index (χ1v) is 10.9.